The van der Waals surface area contributed by atoms with Crippen molar-refractivity contribution >= 4 is 17.5 Å². The van der Waals surface area contributed by atoms with Gasteiger partial charge in [0.25, 0.3) is 0 Å². The number of carbonyl (C=O) groups excluding carboxylic acids is 1. The SMILES string of the molecule is Cc1c(COc2c(F)cc(Cl)c3c2[C@@H](CN2CC4(CC4)CC2=O)NCC3)nnn1C. The molecule has 3 aliphatic rings. The third kappa shape index (κ3) is 3.36. The first kappa shape index (κ1) is 19.8. The Morgan fingerprint density at radius 3 is 2.90 bits per heavy atom. The molecule has 1 saturated carbocycles. The molecule has 160 valence electrons. The topological polar surface area (TPSA) is 72.3 Å². The highest BCUT2D eigenvalue weighted by Crippen LogP contribution is 2.53. The fourth-order valence-corrected chi connectivity index (χ4v) is 4.95. The smallest absolute Gasteiger partial charge is 0.223 e. The molecule has 0 unspecified atom stereocenters. The van der Waals surface area contributed by atoms with Crippen LogP contribution in [0, 0.1) is 18.2 Å². The second kappa shape index (κ2) is 7.20. The van der Waals surface area contributed by atoms with E-state index >= 15 is 0 Å². The molecule has 1 aromatic heterocycles. The first-order chi connectivity index (χ1) is 14.4. The summed E-state index contributed by atoms with van der Waals surface area (Å²) >= 11 is 6.40. The molecule has 0 bridgehead atoms. The summed E-state index contributed by atoms with van der Waals surface area (Å²) in [5, 5.41) is 11.9. The highest BCUT2D eigenvalue weighted by Gasteiger charge is 2.52. The van der Waals surface area contributed by atoms with Crippen molar-refractivity contribution in [3.05, 3.63) is 39.4 Å². The maximum absolute atomic E-state index is 15.0. The number of amides is 1. The number of nitrogens with zero attached hydrogens (tertiary/aromatic N) is 4. The Balaban J connectivity index is 1.44. The Morgan fingerprint density at radius 2 is 2.23 bits per heavy atom. The minimum atomic E-state index is -0.500. The van der Waals surface area contributed by atoms with E-state index in [4.69, 9.17) is 16.3 Å². The first-order valence-corrected chi connectivity index (χ1v) is 10.7. The van der Waals surface area contributed by atoms with E-state index in [0.717, 1.165) is 42.8 Å². The van der Waals surface area contributed by atoms with Gasteiger partial charge in [0.05, 0.1) is 11.7 Å². The van der Waals surface area contributed by atoms with E-state index in [2.05, 4.69) is 15.6 Å². The summed E-state index contributed by atoms with van der Waals surface area (Å²) in [4.78, 5) is 14.4. The number of hydrogen-bond acceptors (Lipinski definition) is 5. The van der Waals surface area contributed by atoms with Crippen molar-refractivity contribution in [1.82, 2.24) is 25.2 Å². The summed E-state index contributed by atoms with van der Waals surface area (Å²) in [5.41, 5.74) is 3.33. The van der Waals surface area contributed by atoms with Gasteiger partial charge < -0.3 is 15.0 Å². The molecule has 1 atom stereocenters. The number of benzene rings is 1. The van der Waals surface area contributed by atoms with Crippen LogP contribution in [0.15, 0.2) is 6.07 Å². The molecule has 1 N–H and O–H groups in total. The van der Waals surface area contributed by atoms with E-state index in [9.17, 15) is 9.18 Å². The number of rotatable bonds is 5. The maximum atomic E-state index is 15.0. The molecule has 2 aliphatic heterocycles. The van der Waals surface area contributed by atoms with E-state index in [1.807, 2.05) is 11.8 Å². The van der Waals surface area contributed by atoms with E-state index in [-0.39, 0.29) is 29.7 Å². The molecule has 30 heavy (non-hydrogen) atoms. The molecule has 1 spiro atoms. The number of aryl methyl sites for hydroxylation is 1. The van der Waals surface area contributed by atoms with E-state index < -0.39 is 5.82 Å². The molecule has 7 nitrogen and oxygen atoms in total. The molecule has 1 aromatic carbocycles. The van der Waals surface area contributed by atoms with Crippen LogP contribution in [0.2, 0.25) is 5.02 Å². The lowest BCUT2D eigenvalue weighted by Gasteiger charge is -2.32. The zero-order valence-electron chi connectivity index (χ0n) is 17.2. The summed E-state index contributed by atoms with van der Waals surface area (Å²) in [7, 11) is 1.80. The summed E-state index contributed by atoms with van der Waals surface area (Å²) in [6.45, 7) is 4.01. The van der Waals surface area contributed by atoms with Crippen LogP contribution in [0.1, 0.15) is 47.8 Å². The monoisotopic (exact) mass is 433 g/mol. The molecule has 9 heteroatoms. The minimum Gasteiger partial charge on any atom is -0.484 e. The van der Waals surface area contributed by atoms with Crippen molar-refractivity contribution in [2.75, 3.05) is 19.6 Å². The number of fused-ring (bicyclic) bond motifs is 1. The van der Waals surface area contributed by atoms with Gasteiger partial charge in [-0.2, -0.15) is 0 Å². The van der Waals surface area contributed by atoms with Crippen LogP contribution >= 0.6 is 11.6 Å². The maximum Gasteiger partial charge on any atom is 0.223 e. The third-order valence-electron chi connectivity index (χ3n) is 6.76. The lowest BCUT2D eigenvalue weighted by atomic mass is 9.92. The lowest BCUT2D eigenvalue weighted by Crippen LogP contribution is -2.40. The van der Waals surface area contributed by atoms with Gasteiger partial charge in [0.15, 0.2) is 11.6 Å². The summed E-state index contributed by atoms with van der Waals surface area (Å²) in [6, 6.07) is 1.10. The zero-order chi connectivity index (χ0) is 21.0. The fraction of sp³-hybridized carbons (Fsp3) is 0.571. The van der Waals surface area contributed by atoms with Gasteiger partial charge in [0.1, 0.15) is 12.3 Å². The average molecular weight is 434 g/mol. The molecular formula is C21H25ClFN5O2. The van der Waals surface area contributed by atoms with Crippen molar-refractivity contribution in [2.45, 2.75) is 45.3 Å². The van der Waals surface area contributed by atoms with Gasteiger partial charge in [-0.15, -0.1) is 5.10 Å². The summed E-state index contributed by atoms with van der Waals surface area (Å²) < 4.78 is 22.6. The number of aromatic nitrogens is 3. The van der Waals surface area contributed by atoms with Crippen molar-refractivity contribution in [3.8, 4) is 5.75 Å². The first-order valence-electron chi connectivity index (χ1n) is 10.4. The highest BCUT2D eigenvalue weighted by atomic mass is 35.5. The lowest BCUT2D eigenvalue weighted by molar-refractivity contribution is -0.128. The van der Waals surface area contributed by atoms with Gasteiger partial charge in [-0.1, -0.05) is 16.8 Å². The van der Waals surface area contributed by atoms with Crippen LogP contribution in [0.4, 0.5) is 4.39 Å². The van der Waals surface area contributed by atoms with Crippen LogP contribution in [0.3, 0.4) is 0 Å². The Bertz CT molecular complexity index is 1020. The quantitative estimate of drug-likeness (QED) is 0.784. The van der Waals surface area contributed by atoms with Gasteiger partial charge in [-0.3, -0.25) is 9.48 Å². The van der Waals surface area contributed by atoms with E-state index in [0.29, 0.717) is 30.1 Å². The van der Waals surface area contributed by atoms with E-state index in [1.165, 1.54) is 6.07 Å². The fourth-order valence-electron chi connectivity index (χ4n) is 4.66. The van der Waals surface area contributed by atoms with Crippen molar-refractivity contribution < 1.29 is 13.9 Å². The van der Waals surface area contributed by atoms with Crippen LogP contribution in [-0.2, 0) is 24.9 Å². The minimum absolute atomic E-state index is 0.114. The normalized spacial score (nSPS) is 21.9. The molecule has 2 fully saturated rings. The Hall–Kier alpha value is -2.19. The van der Waals surface area contributed by atoms with Gasteiger partial charge >= 0.3 is 0 Å². The Morgan fingerprint density at radius 1 is 1.43 bits per heavy atom. The van der Waals surface area contributed by atoms with E-state index in [1.54, 1.807) is 11.7 Å². The van der Waals surface area contributed by atoms with Gasteiger partial charge in [0.2, 0.25) is 5.91 Å². The molecular weight excluding hydrogens is 409 g/mol. The molecule has 3 heterocycles. The predicted octanol–water partition coefficient (Wildman–Crippen LogP) is 2.69. The van der Waals surface area contributed by atoms with Crippen LogP contribution < -0.4 is 10.1 Å². The zero-order valence-corrected chi connectivity index (χ0v) is 17.9. The van der Waals surface area contributed by atoms with Crippen LogP contribution in [0.25, 0.3) is 0 Å². The molecule has 0 radical (unpaired) electrons. The van der Waals surface area contributed by atoms with Crippen LogP contribution in [0.5, 0.6) is 5.75 Å². The second-order valence-corrected chi connectivity index (χ2v) is 9.21. The van der Waals surface area contributed by atoms with Gasteiger partial charge in [-0.25, -0.2) is 4.39 Å². The Kier molecular flexibility index (Phi) is 4.74. The van der Waals surface area contributed by atoms with Gasteiger partial charge in [0, 0.05) is 37.1 Å². The van der Waals surface area contributed by atoms with Gasteiger partial charge in [-0.05, 0) is 49.8 Å². The molecule has 5 rings (SSSR count). The van der Waals surface area contributed by atoms with Crippen molar-refractivity contribution in [1.29, 1.82) is 0 Å². The third-order valence-corrected chi connectivity index (χ3v) is 7.10. The number of carbonyl (C=O) groups is 1. The number of likely N-dealkylation sites (tertiary alicyclic amines) is 1. The Labute approximate surface area is 179 Å². The summed E-state index contributed by atoms with van der Waals surface area (Å²) in [5.74, 6) is -0.133. The largest absolute Gasteiger partial charge is 0.484 e. The second-order valence-electron chi connectivity index (χ2n) is 8.80. The molecule has 1 saturated heterocycles. The number of halogens is 2. The molecule has 1 aliphatic carbocycles. The predicted molar refractivity (Wildman–Crippen MR) is 109 cm³/mol. The number of nitrogens with one attached hydrogen (secondary N) is 1. The van der Waals surface area contributed by atoms with Crippen molar-refractivity contribution in [3.63, 3.8) is 0 Å². The standard InChI is InChI=1S/C21H25ClFN5O2/c1-12-17(25-26-27(12)2)10-30-20-15(23)7-14(22)13-3-6-24-16(19(13)20)9-28-11-21(4-5-21)8-18(28)29/h7,16,24H,3-6,8-11H2,1-2H3/t16-/m1/s1. The number of ether oxygens (including phenoxy) is 1. The van der Waals surface area contributed by atoms with Crippen LogP contribution in [-0.4, -0.2) is 45.4 Å². The number of hydrogen-bond donors (Lipinski definition) is 1. The summed E-state index contributed by atoms with van der Waals surface area (Å²) in [6.07, 6.45) is 3.56. The molecule has 1 amide bonds. The highest BCUT2D eigenvalue weighted by molar-refractivity contribution is 6.31. The average Bonchev–Trinajstić information content (AvgIpc) is 3.29. The molecule has 2 aromatic rings. The van der Waals surface area contributed by atoms with Crippen molar-refractivity contribution in [2.24, 2.45) is 12.5 Å².